The molecule has 1 heterocycles. The third kappa shape index (κ3) is 4.34. The Hall–Kier alpha value is -1.93. The van der Waals surface area contributed by atoms with Crippen molar-refractivity contribution in [1.29, 1.82) is 0 Å². The van der Waals surface area contributed by atoms with Crippen LogP contribution in [0.3, 0.4) is 0 Å². The molecule has 100 valence electrons. The Morgan fingerprint density at radius 1 is 1.05 bits per heavy atom. The Kier molecular flexibility index (Phi) is 4.13. The summed E-state index contributed by atoms with van der Waals surface area (Å²) >= 11 is 0. The summed E-state index contributed by atoms with van der Waals surface area (Å²) in [5, 5.41) is 15.6. The van der Waals surface area contributed by atoms with Gasteiger partial charge in [0.2, 0.25) is 5.82 Å². The Morgan fingerprint density at radius 3 is 2.26 bits per heavy atom. The minimum atomic E-state index is -3.44. The van der Waals surface area contributed by atoms with E-state index in [1.165, 1.54) is 0 Å². The number of benzene rings is 1. The summed E-state index contributed by atoms with van der Waals surface area (Å²) in [6, 6.07) is 9.33. The summed E-state index contributed by atoms with van der Waals surface area (Å²) < 4.78 is 26.1. The molecule has 1 aromatic carbocycles. The van der Waals surface area contributed by atoms with Crippen LogP contribution in [-0.2, 0) is 20.7 Å². The summed E-state index contributed by atoms with van der Waals surface area (Å²) in [4.78, 5) is 0. The van der Waals surface area contributed by atoms with Crippen molar-refractivity contribution in [3.63, 3.8) is 0 Å². The highest BCUT2D eigenvalue weighted by Gasteiger charge is 2.06. The molecule has 0 saturated heterocycles. The van der Waals surface area contributed by atoms with Gasteiger partial charge in [0.15, 0.2) is 5.82 Å². The number of hydrogen-bond donors (Lipinski definition) is 0. The predicted octanol–water partition coefficient (Wildman–Crippen LogP) is 0.452. The first-order valence-corrected chi connectivity index (χ1v) is 7.32. The molecular weight excluding hydrogens is 268 g/mol. The van der Waals surface area contributed by atoms with Crippen molar-refractivity contribution in [3.8, 4) is 11.4 Å². The van der Waals surface area contributed by atoms with E-state index in [9.17, 15) is 8.42 Å². The lowest BCUT2D eigenvalue weighted by Gasteiger charge is -2.00. The van der Waals surface area contributed by atoms with Gasteiger partial charge in [0.25, 0.3) is 10.1 Å². The van der Waals surface area contributed by atoms with Gasteiger partial charge in [-0.15, -0.1) is 20.4 Å². The number of aromatic nitrogens is 4. The van der Waals surface area contributed by atoms with Crippen LogP contribution in [0, 0.1) is 0 Å². The maximum Gasteiger partial charge on any atom is 0.264 e. The average molecular weight is 280 g/mol. The van der Waals surface area contributed by atoms with E-state index < -0.39 is 10.1 Å². The average Bonchev–Trinajstić information content (AvgIpc) is 2.39. The SMILES string of the molecule is CS(=O)(=O)OCCc1nnc(-c2ccccc2)nn1. The monoisotopic (exact) mass is 280 g/mol. The first-order valence-electron chi connectivity index (χ1n) is 5.51. The van der Waals surface area contributed by atoms with E-state index >= 15 is 0 Å². The van der Waals surface area contributed by atoms with Gasteiger partial charge in [0, 0.05) is 12.0 Å². The first kappa shape index (κ1) is 13.5. The lowest BCUT2D eigenvalue weighted by molar-refractivity contribution is 0.322. The summed E-state index contributed by atoms with van der Waals surface area (Å²) in [6.45, 7) is -0.0210. The molecule has 0 N–H and O–H groups in total. The molecule has 0 aliphatic rings. The Bertz CT molecular complexity index is 629. The van der Waals surface area contributed by atoms with Crippen molar-refractivity contribution in [3.05, 3.63) is 36.2 Å². The standard InChI is InChI=1S/C11H12N4O3S/c1-19(16,17)18-8-7-10-12-14-11(15-13-10)9-5-3-2-4-6-9/h2-6H,7-8H2,1H3. The molecule has 2 aromatic rings. The van der Waals surface area contributed by atoms with Crippen LogP contribution >= 0.6 is 0 Å². The van der Waals surface area contributed by atoms with E-state index in [4.69, 9.17) is 0 Å². The molecule has 8 heteroatoms. The van der Waals surface area contributed by atoms with E-state index in [0.29, 0.717) is 11.6 Å². The molecule has 19 heavy (non-hydrogen) atoms. The van der Waals surface area contributed by atoms with Crippen LogP contribution in [0.5, 0.6) is 0 Å². The van der Waals surface area contributed by atoms with Gasteiger partial charge >= 0.3 is 0 Å². The highest BCUT2D eigenvalue weighted by Crippen LogP contribution is 2.11. The molecule has 0 bridgehead atoms. The Balaban J connectivity index is 1.99. The van der Waals surface area contributed by atoms with Gasteiger partial charge < -0.3 is 0 Å². The Morgan fingerprint density at radius 2 is 1.68 bits per heavy atom. The normalized spacial score (nSPS) is 11.4. The van der Waals surface area contributed by atoms with E-state index in [0.717, 1.165) is 11.8 Å². The van der Waals surface area contributed by atoms with Gasteiger partial charge in [0.05, 0.1) is 12.9 Å². The zero-order valence-electron chi connectivity index (χ0n) is 10.2. The minimum absolute atomic E-state index is 0.0210. The van der Waals surface area contributed by atoms with E-state index in [1.54, 1.807) is 0 Å². The van der Waals surface area contributed by atoms with Crippen molar-refractivity contribution in [2.24, 2.45) is 0 Å². The van der Waals surface area contributed by atoms with Gasteiger partial charge in [-0.2, -0.15) is 8.42 Å². The second-order valence-electron chi connectivity index (χ2n) is 3.78. The van der Waals surface area contributed by atoms with Crippen LogP contribution in [-0.4, -0.2) is 41.7 Å². The molecule has 0 unspecified atom stereocenters. The fourth-order valence-corrected chi connectivity index (χ4v) is 1.72. The highest BCUT2D eigenvalue weighted by molar-refractivity contribution is 7.85. The highest BCUT2D eigenvalue weighted by atomic mass is 32.2. The fourth-order valence-electron chi connectivity index (χ4n) is 1.34. The maximum atomic E-state index is 10.8. The number of rotatable bonds is 5. The lowest BCUT2D eigenvalue weighted by atomic mass is 10.2. The van der Waals surface area contributed by atoms with E-state index in [1.807, 2.05) is 30.3 Å². The van der Waals surface area contributed by atoms with Crippen molar-refractivity contribution in [2.75, 3.05) is 12.9 Å². The molecular formula is C11H12N4O3S. The third-order valence-electron chi connectivity index (χ3n) is 2.18. The van der Waals surface area contributed by atoms with E-state index in [-0.39, 0.29) is 13.0 Å². The molecule has 0 fully saturated rings. The Labute approximate surface area is 110 Å². The minimum Gasteiger partial charge on any atom is -0.270 e. The molecule has 7 nitrogen and oxygen atoms in total. The van der Waals surface area contributed by atoms with Crippen molar-refractivity contribution >= 4 is 10.1 Å². The van der Waals surface area contributed by atoms with Gasteiger partial charge in [-0.1, -0.05) is 30.3 Å². The largest absolute Gasteiger partial charge is 0.270 e. The molecule has 2 rings (SSSR count). The first-order chi connectivity index (χ1) is 9.04. The van der Waals surface area contributed by atoms with Gasteiger partial charge in [-0.3, -0.25) is 4.18 Å². The zero-order chi connectivity index (χ0) is 13.7. The van der Waals surface area contributed by atoms with Gasteiger partial charge in [-0.05, 0) is 0 Å². The van der Waals surface area contributed by atoms with Crippen molar-refractivity contribution in [1.82, 2.24) is 20.4 Å². The molecule has 0 radical (unpaired) electrons. The van der Waals surface area contributed by atoms with Crippen molar-refractivity contribution < 1.29 is 12.6 Å². The predicted molar refractivity (Wildman–Crippen MR) is 67.6 cm³/mol. The molecule has 0 aliphatic heterocycles. The third-order valence-corrected chi connectivity index (χ3v) is 2.77. The second-order valence-corrected chi connectivity index (χ2v) is 5.43. The fraction of sp³-hybridized carbons (Fsp3) is 0.273. The van der Waals surface area contributed by atoms with E-state index in [2.05, 4.69) is 24.6 Å². The van der Waals surface area contributed by atoms with Crippen LogP contribution in [0.2, 0.25) is 0 Å². The smallest absolute Gasteiger partial charge is 0.264 e. The summed E-state index contributed by atoms with van der Waals surface area (Å²) in [5.41, 5.74) is 0.821. The number of hydrogen-bond acceptors (Lipinski definition) is 7. The van der Waals surface area contributed by atoms with Crippen LogP contribution in [0.1, 0.15) is 5.82 Å². The van der Waals surface area contributed by atoms with Gasteiger partial charge in [-0.25, -0.2) is 0 Å². The molecule has 0 aliphatic carbocycles. The topological polar surface area (TPSA) is 94.9 Å². The quantitative estimate of drug-likeness (QED) is 0.734. The van der Waals surface area contributed by atoms with Crippen LogP contribution in [0.15, 0.2) is 30.3 Å². The molecule has 1 aromatic heterocycles. The summed E-state index contributed by atoms with van der Waals surface area (Å²) in [5.74, 6) is 0.761. The number of nitrogens with zero attached hydrogens (tertiary/aromatic N) is 4. The van der Waals surface area contributed by atoms with Crippen LogP contribution < -0.4 is 0 Å². The lowest BCUT2D eigenvalue weighted by Crippen LogP contribution is -2.10. The second kappa shape index (κ2) is 5.81. The van der Waals surface area contributed by atoms with Crippen LogP contribution in [0.25, 0.3) is 11.4 Å². The zero-order valence-corrected chi connectivity index (χ0v) is 11.0. The summed E-state index contributed by atoms with van der Waals surface area (Å²) in [6.07, 6.45) is 1.23. The maximum absolute atomic E-state index is 10.8. The molecule has 0 amide bonds. The molecule has 0 saturated carbocycles. The summed E-state index contributed by atoms with van der Waals surface area (Å²) in [7, 11) is -3.44. The van der Waals surface area contributed by atoms with Gasteiger partial charge in [0.1, 0.15) is 0 Å². The van der Waals surface area contributed by atoms with Crippen molar-refractivity contribution in [2.45, 2.75) is 6.42 Å². The molecule has 0 atom stereocenters. The molecule has 0 spiro atoms. The van der Waals surface area contributed by atoms with Crippen LogP contribution in [0.4, 0.5) is 0 Å².